The van der Waals surface area contributed by atoms with Crippen LogP contribution in [0.4, 0.5) is 5.69 Å². The first-order chi connectivity index (χ1) is 12.5. The van der Waals surface area contributed by atoms with Crippen LogP contribution in [0.5, 0.6) is 5.75 Å². The van der Waals surface area contributed by atoms with E-state index in [2.05, 4.69) is 5.32 Å². The Labute approximate surface area is 162 Å². The van der Waals surface area contributed by atoms with Crippen molar-refractivity contribution in [3.63, 3.8) is 0 Å². The number of halogens is 2. The number of esters is 1. The summed E-state index contributed by atoms with van der Waals surface area (Å²) in [7, 11) is 0. The Hall–Kier alpha value is -2.24. The van der Waals surface area contributed by atoms with E-state index in [1.165, 1.54) is 12.1 Å². The molecule has 7 heteroatoms. The Morgan fingerprint density at radius 3 is 2.15 bits per heavy atom. The Morgan fingerprint density at radius 1 is 1.00 bits per heavy atom. The molecule has 2 aromatic rings. The molecule has 0 saturated heterocycles. The van der Waals surface area contributed by atoms with Crippen LogP contribution < -0.4 is 10.1 Å². The molecule has 138 valence electrons. The van der Waals surface area contributed by atoms with Crippen LogP contribution in [-0.2, 0) is 4.74 Å². The molecule has 0 bridgehead atoms. The van der Waals surface area contributed by atoms with Gasteiger partial charge in [-0.2, -0.15) is 0 Å². The van der Waals surface area contributed by atoms with Crippen molar-refractivity contribution in [2.75, 3.05) is 18.5 Å². The summed E-state index contributed by atoms with van der Waals surface area (Å²) in [5.41, 5.74) is 1.24. The molecule has 0 heterocycles. The van der Waals surface area contributed by atoms with E-state index in [-0.39, 0.29) is 16.0 Å². The van der Waals surface area contributed by atoms with Gasteiger partial charge in [0.05, 0.1) is 28.8 Å². The minimum absolute atomic E-state index is 0.272. The fraction of sp³-hybridized carbons (Fsp3) is 0.263. The number of ether oxygens (including phenoxy) is 2. The minimum atomic E-state index is -0.411. The minimum Gasteiger partial charge on any atom is -0.490 e. The molecule has 2 aromatic carbocycles. The molecule has 0 aromatic heterocycles. The molecule has 0 spiro atoms. The average molecular weight is 396 g/mol. The summed E-state index contributed by atoms with van der Waals surface area (Å²) in [5.74, 6) is -0.420. The van der Waals surface area contributed by atoms with Crippen LogP contribution in [0, 0.1) is 0 Å². The first-order valence-electron chi connectivity index (χ1n) is 8.16. The molecule has 0 aliphatic carbocycles. The third kappa shape index (κ3) is 5.13. The lowest BCUT2D eigenvalue weighted by Gasteiger charge is -2.11. The number of anilines is 1. The van der Waals surface area contributed by atoms with Crippen LogP contribution in [0.15, 0.2) is 36.4 Å². The zero-order chi connectivity index (χ0) is 19.1. The highest BCUT2D eigenvalue weighted by Crippen LogP contribution is 2.34. The second-order valence-electron chi connectivity index (χ2n) is 5.37. The van der Waals surface area contributed by atoms with Gasteiger partial charge in [-0.1, -0.05) is 30.1 Å². The molecule has 1 amide bonds. The highest BCUT2D eigenvalue weighted by molar-refractivity contribution is 6.37. The normalized spacial score (nSPS) is 10.3. The zero-order valence-electron chi connectivity index (χ0n) is 14.5. The lowest BCUT2D eigenvalue weighted by Crippen LogP contribution is -2.12. The van der Waals surface area contributed by atoms with Gasteiger partial charge in [0.2, 0.25) is 0 Å². The van der Waals surface area contributed by atoms with Gasteiger partial charge in [-0.25, -0.2) is 4.79 Å². The molecule has 0 unspecified atom stereocenters. The maximum absolute atomic E-state index is 12.4. The fourth-order valence-electron chi connectivity index (χ4n) is 2.14. The molecule has 26 heavy (non-hydrogen) atoms. The number of carbonyl (C=O) groups is 2. The quantitative estimate of drug-likeness (QED) is 0.653. The largest absolute Gasteiger partial charge is 0.490 e. The molecule has 2 rings (SSSR count). The molecular formula is C19H19Cl2NO4. The fourth-order valence-corrected chi connectivity index (χ4v) is 2.74. The van der Waals surface area contributed by atoms with Crippen LogP contribution in [0.3, 0.4) is 0 Å². The van der Waals surface area contributed by atoms with Crippen molar-refractivity contribution in [1.29, 1.82) is 0 Å². The van der Waals surface area contributed by atoms with Crippen molar-refractivity contribution in [3.05, 3.63) is 57.6 Å². The van der Waals surface area contributed by atoms with Crippen LogP contribution in [0.25, 0.3) is 0 Å². The van der Waals surface area contributed by atoms with Crippen molar-refractivity contribution < 1.29 is 19.1 Å². The summed E-state index contributed by atoms with van der Waals surface area (Å²) in [4.78, 5) is 24.0. The van der Waals surface area contributed by atoms with Gasteiger partial charge < -0.3 is 14.8 Å². The maximum Gasteiger partial charge on any atom is 0.338 e. The summed E-state index contributed by atoms with van der Waals surface area (Å²) in [6.07, 6.45) is 0.816. The van der Waals surface area contributed by atoms with E-state index in [1.54, 1.807) is 31.2 Å². The predicted octanol–water partition coefficient (Wildman–Crippen LogP) is 5.21. The summed E-state index contributed by atoms with van der Waals surface area (Å²) in [6, 6.07) is 9.39. The van der Waals surface area contributed by atoms with Crippen LogP contribution >= 0.6 is 23.2 Å². The van der Waals surface area contributed by atoms with Gasteiger partial charge >= 0.3 is 5.97 Å². The number of nitrogens with one attached hydrogen (secondary N) is 1. The van der Waals surface area contributed by atoms with Crippen molar-refractivity contribution in [3.8, 4) is 5.75 Å². The summed E-state index contributed by atoms with van der Waals surface area (Å²) >= 11 is 12.3. The van der Waals surface area contributed by atoms with Gasteiger partial charge in [-0.3, -0.25) is 4.79 Å². The number of hydrogen-bond donors (Lipinski definition) is 1. The Bertz CT molecular complexity index is 768. The van der Waals surface area contributed by atoms with Gasteiger partial charge in [-0.05, 0) is 49.7 Å². The highest BCUT2D eigenvalue weighted by atomic mass is 35.5. The third-order valence-corrected chi connectivity index (χ3v) is 3.93. The second-order valence-corrected chi connectivity index (χ2v) is 6.18. The molecular weight excluding hydrogens is 377 g/mol. The van der Waals surface area contributed by atoms with Gasteiger partial charge in [0.25, 0.3) is 5.91 Å². The Morgan fingerprint density at radius 2 is 1.62 bits per heavy atom. The van der Waals surface area contributed by atoms with Gasteiger partial charge in [0.1, 0.15) is 0 Å². The molecule has 0 aliphatic heterocycles. The average Bonchev–Trinajstić information content (AvgIpc) is 2.61. The molecule has 5 nitrogen and oxygen atoms in total. The Kier molecular flexibility index (Phi) is 7.30. The van der Waals surface area contributed by atoms with Crippen LogP contribution in [0.2, 0.25) is 10.0 Å². The number of hydrogen-bond acceptors (Lipinski definition) is 4. The molecule has 0 atom stereocenters. The summed E-state index contributed by atoms with van der Waals surface area (Å²) in [6.45, 7) is 4.49. The van der Waals surface area contributed by atoms with Crippen molar-refractivity contribution in [2.24, 2.45) is 0 Å². The monoisotopic (exact) mass is 395 g/mol. The van der Waals surface area contributed by atoms with E-state index < -0.39 is 5.97 Å². The van der Waals surface area contributed by atoms with E-state index in [0.717, 1.165) is 6.42 Å². The molecule has 0 saturated carbocycles. The second kappa shape index (κ2) is 9.46. The van der Waals surface area contributed by atoms with Crippen LogP contribution in [0.1, 0.15) is 41.0 Å². The molecule has 0 aliphatic rings. The van der Waals surface area contributed by atoms with Gasteiger partial charge in [0.15, 0.2) is 5.75 Å². The lowest BCUT2D eigenvalue weighted by molar-refractivity contribution is 0.0526. The van der Waals surface area contributed by atoms with E-state index >= 15 is 0 Å². The topological polar surface area (TPSA) is 64.6 Å². The maximum atomic E-state index is 12.4. The first kappa shape index (κ1) is 20.1. The number of rotatable bonds is 7. The van der Waals surface area contributed by atoms with E-state index in [4.69, 9.17) is 32.7 Å². The summed E-state index contributed by atoms with van der Waals surface area (Å²) < 4.78 is 10.4. The van der Waals surface area contributed by atoms with Crippen molar-refractivity contribution in [2.45, 2.75) is 20.3 Å². The molecule has 1 N–H and O–H groups in total. The van der Waals surface area contributed by atoms with Crippen molar-refractivity contribution in [1.82, 2.24) is 0 Å². The first-order valence-corrected chi connectivity index (χ1v) is 8.92. The van der Waals surface area contributed by atoms with Gasteiger partial charge in [0, 0.05) is 11.3 Å². The van der Waals surface area contributed by atoms with E-state index in [1.807, 2.05) is 6.92 Å². The SMILES string of the molecule is CCCOc1c(Cl)cc(C(=O)Nc2ccc(C(=O)OCC)cc2)cc1Cl. The predicted molar refractivity (Wildman–Crippen MR) is 103 cm³/mol. The molecule has 0 radical (unpaired) electrons. The van der Waals surface area contributed by atoms with Gasteiger partial charge in [-0.15, -0.1) is 0 Å². The summed E-state index contributed by atoms with van der Waals surface area (Å²) in [5, 5.41) is 3.27. The molecule has 0 fully saturated rings. The smallest absolute Gasteiger partial charge is 0.338 e. The number of carbonyl (C=O) groups excluding carboxylic acids is 2. The zero-order valence-corrected chi connectivity index (χ0v) is 16.0. The Balaban J connectivity index is 2.11. The number of amides is 1. The van der Waals surface area contributed by atoms with E-state index in [9.17, 15) is 9.59 Å². The van der Waals surface area contributed by atoms with Crippen LogP contribution in [-0.4, -0.2) is 25.1 Å². The standard InChI is InChI=1S/C19H19Cl2NO4/c1-3-9-26-17-15(20)10-13(11-16(17)21)18(23)22-14-7-5-12(6-8-14)19(24)25-4-2/h5-8,10-11H,3-4,9H2,1-2H3,(H,22,23). The van der Waals surface area contributed by atoms with E-state index in [0.29, 0.717) is 35.8 Å². The third-order valence-electron chi connectivity index (χ3n) is 3.36. The lowest BCUT2D eigenvalue weighted by atomic mass is 10.1. The van der Waals surface area contributed by atoms with Crippen molar-refractivity contribution >= 4 is 40.8 Å². The highest BCUT2D eigenvalue weighted by Gasteiger charge is 2.15. The number of benzene rings is 2.